The van der Waals surface area contributed by atoms with Gasteiger partial charge in [0.25, 0.3) is 0 Å². The minimum Gasteiger partial charge on any atom is -0.467 e. The fraction of sp³-hybridized carbons (Fsp3) is 0.174. The Kier molecular flexibility index (Phi) is 5.91. The molecule has 0 bridgehead atoms. The quantitative estimate of drug-likeness (QED) is 0.302. The zero-order chi connectivity index (χ0) is 20.1. The van der Waals surface area contributed by atoms with Crippen LogP contribution in [-0.2, 0) is 13.0 Å². The molecule has 0 saturated heterocycles. The second kappa shape index (κ2) is 8.92. The predicted molar refractivity (Wildman–Crippen MR) is 114 cm³/mol. The second-order valence-corrected chi connectivity index (χ2v) is 7.54. The van der Waals surface area contributed by atoms with Crippen molar-refractivity contribution < 1.29 is 9.21 Å². The van der Waals surface area contributed by atoms with Gasteiger partial charge in [0.2, 0.25) is 0 Å². The van der Waals surface area contributed by atoms with E-state index in [1.54, 1.807) is 6.26 Å². The number of benzene rings is 2. The van der Waals surface area contributed by atoms with Crippen molar-refractivity contribution in [1.29, 1.82) is 0 Å². The van der Waals surface area contributed by atoms with Gasteiger partial charge >= 0.3 is 0 Å². The molecular formula is C23H21N3O2S. The molecule has 0 aliphatic heterocycles. The lowest BCUT2D eigenvalue weighted by atomic mass is 10.1. The zero-order valence-electron chi connectivity index (χ0n) is 16.1. The average molecular weight is 404 g/mol. The van der Waals surface area contributed by atoms with E-state index in [9.17, 15) is 4.79 Å². The smallest absolute Gasteiger partial charge is 0.192 e. The number of hydrogen-bond acceptors (Lipinski definition) is 5. The average Bonchev–Trinajstić information content (AvgIpc) is 3.43. The minimum absolute atomic E-state index is 0.0754. The zero-order valence-corrected chi connectivity index (χ0v) is 16.9. The van der Waals surface area contributed by atoms with Gasteiger partial charge in [-0.2, -0.15) is 0 Å². The molecule has 0 spiro atoms. The largest absolute Gasteiger partial charge is 0.467 e. The van der Waals surface area contributed by atoms with Gasteiger partial charge in [0.15, 0.2) is 16.8 Å². The lowest BCUT2D eigenvalue weighted by Gasteiger charge is -2.09. The highest BCUT2D eigenvalue weighted by atomic mass is 32.2. The van der Waals surface area contributed by atoms with E-state index in [-0.39, 0.29) is 5.78 Å². The Morgan fingerprint density at radius 1 is 1.00 bits per heavy atom. The molecule has 29 heavy (non-hydrogen) atoms. The third-order valence-electron chi connectivity index (χ3n) is 4.66. The van der Waals surface area contributed by atoms with Gasteiger partial charge in [0.05, 0.1) is 18.6 Å². The number of carbonyl (C=O) groups is 1. The van der Waals surface area contributed by atoms with Gasteiger partial charge in [-0.05, 0) is 24.1 Å². The summed E-state index contributed by atoms with van der Waals surface area (Å²) in [6, 6.07) is 21.5. The van der Waals surface area contributed by atoms with Crippen molar-refractivity contribution in [2.24, 2.45) is 0 Å². The molecule has 0 N–H and O–H groups in total. The summed E-state index contributed by atoms with van der Waals surface area (Å²) in [6.07, 6.45) is 2.61. The molecule has 2 heterocycles. The molecule has 0 amide bonds. The van der Waals surface area contributed by atoms with E-state index >= 15 is 0 Å². The Hall–Kier alpha value is -3.12. The second-order valence-electron chi connectivity index (χ2n) is 6.60. The number of furan rings is 1. The Bertz CT molecular complexity index is 1070. The molecule has 5 nitrogen and oxygen atoms in total. The maximum atomic E-state index is 12.6. The molecule has 0 radical (unpaired) electrons. The fourth-order valence-electron chi connectivity index (χ4n) is 3.04. The van der Waals surface area contributed by atoms with Crippen LogP contribution < -0.4 is 0 Å². The van der Waals surface area contributed by atoms with Crippen molar-refractivity contribution >= 4 is 17.5 Å². The van der Waals surface area contributed by atoms with Crippen LogP contribution in [0.15, 0.2) is 82.6 Å². The van der Waals surface area contributed by atoms with Crippen LogP contribution in [0.25, 0.3) is 11.4 Å². The van der Waals surface area contributed by atoms with E-state index in [0.29, 0.717) is 17.5 Å². The van der Waals surface area contributed by atoms with Crippen molar-refractivity contribution in [3.63, 3.8) is 0 Å². The Labute approximate surface area is 173 Å². The molecule has 0 aliphatic carbocycles. The Morgan fingerprint density at radius 2 is 1.79 bits per heavy atom. The maximum absolute atomic E-state index is 12.6. The van der Waals surface area contributed by atoms with Crippen LogP contribution in [0.4, 0.5) is 0 Å². The summed E-state index contributed by atoms with van der Waals surface area (Å²) >= 11 is 1.40. The number of thioether (sulfide) groups is 1. The van der Waals surface area contributed by atoms with E-state index in [1.807, 2.05) is 71.3 Å². The van der Waals surface area contributed by atoms with Crippen molar-refractivity contribution in [1.82, 2.24) is 14.8 Å². The van der Waals surface area contributed by atoms with Crippen LogP contribution in [0.3, 0.4) is 0 Å². The summed E-state index contributed by atoms with van der Waals surface area (Å²) in [7, 11) is 0. The highest BCUT2D eigenvalue weighted by Gasteiger charge is 2.17. The molecule has 0 unspecified atom stereocenters. The molecule has 0 aliphatic rings. The number of aryl methyl sites for hydroxylation is 1. The summed E-state index contributed by atoms with van der Waals surface area (Å²) in [5.74, 6) is 1.94. The van der Waals surface area contributed by atoms with E-state index < -0.39 is 0 Å². The topological polar surface area (TPSA) is 60.9 Å². The number of ketones is 1. The standard InChI is InChI=1S/C23H21N3O2S/c1-2-17-10-12-18(13-11-17)21(27)16-29-23-25-24-22(19-7-4-3-5-8-19)26(23)15-20-9-6-14-28-20/h3-14H,2,15-16H2,1H3. The molecule has 146 valence electrons. The molecule has 0 atom stereocenters. The van der Waals surface area contributed by atoms with Gasteiger partial charge < -0.3 is 4.42 Å². The number of aromatic nitrogens is 3. The van der Waals surface area contributed by atoms with Gasteiger partial charge in [-0.25, -0.2) is 0 Å². The summed E-state index contributed by atoms with van der Waals surface area (Å²) < 4.78 is 7.51. The lowest BCUT2D eigenvalue weighted by Crippen LogP contribution is -2.07. The molecular weight excluding hydrogens is 382 g/mol. The maximum Gasteiger partial charge on any atom is 0.192 e. The van der Waals surface area contributed by atoms with Gasteiger partial charge in [-0.15, -0.1) is 10.2 Å². The van der Waals surface area contributed by atoms with Gasteiger partial charge in [0, 0.05) is 11.1 Å². The van der Waals surface area contributed by atoms with Crippen LogP contribution in [0, 0.1) is 0 Å². The van der Waals surface area contributed by atoms with E-state index in [0.717, 1.165) is 29.1 Å². The van der Waals surface area contributed by atoms with Gasteiger partial charge in [-0.3, -0.25) is 9.36 Å². The number of nitrogens with zero attached hydrogens (tertiary/aromatic N) is 3. The van der Waals surface area contributed by atoms with E-state index in [1.165, 1.54) is 17.3 Å². The summed E-state index contributed by atoms with van der Waals surface area (Å²) in [4.78, 5) is 12.6. The van der Waals surface area contributed by atoms with Gasteiger partial charge in [-0.1, -0.05) is 73.3 Å². The summed E-state index contributed by atoms with van der Waals surface area (Å²) in [5, 5.41) is 9.42. The SMILES string of the molecule is CCc1ccc(C(=O)CSc2nnc(-c3ccccc3)n2Cc2ccco2)cc1. The highest BCUT2D eigenvalue weighted by Crippen LogP contribution is 2.26. The normalized spacial score (nSPS) is 10.9. The number of rotatable bonds is 8. The first-order chi connectivity index (χ1) is 14.2. The Balaban J connectivity index is 1.56. The number of carbonyl (C=O) groups excluding carboxylic acids is 1. The van der Waals surface area contributed by atoms with Crippen LogP contribution >= 0.6 is 11.8 Å². The fourth-order valence-corrected chi connectivity index (χ4v) is 3.87. The van der Waals surface area contributed by atoms with Crippen molar-refractivity contribution in [2.75, 3.05) is 5.75 Å². The first-order valence-electron chi connectivity index (χ1n) is 9.50. The lowest BCUT2D eigenvalue weighted by molar-refractivity contribution is 0.102. The molecule has 4 aromatic rings. The third-order valence-corrected chi connectivity index (χ3v) is 5.63. The first-order valence-corrected chi connectivity index (χ1v) is 10.5. The molecule has 2 aromatic heterocycles. The minimum atomic E-state index is 0.0754. The number of hydrogen-bond donors (Lipinski definition) is 0. The van der Waals surface area contributed by atoms with Gasteiger partial charge in [0.1, 0.15) is 5.76 Å². The first kappa shape index (κ1) is 19.2. The molecule has 6 heteroatoms. The molecule has 0 saturated carbocycles. The monoisotopic (exact) mass is 403 g/mol. The summed E-state index contributed by atoms with van der Waals surface area (Å²) in [6.45, 7) is 2.61. The molecule has 2 aromatic carbocycles. The van der Waals surface area contributed by atoms with Crippen LogP contribution in [-0.4, -0.2) is 26.3 Å². The molecule has 0 fully saturated rings. The van der Waals surface area contributed by atoms with Crippen LogP contribution in [0.1, 0.15) is 28.6 Å². The van der Waals surface area contributed by atoms with E-state index in [4.69, 9.17) is 4.42 Å². The van der Waals surface area contributed by atoms with Crippen molar-refractivity contribution in [2.45, 2.75) is 25.0 Å². The number of Topliss-reactive ketones (excluding diaryl/α,β-unsaturated/α-hetero) is 1. The van der Waals surface area contributed by atoms with Crippen LogP contribution in [0.5, 0.6) is 0 Å². The van der Waals surface area contributed by atoms with E-state index in [2.05, 4.69) is 17.1 Å². The summed E-state index contributed by atoms with van der Waals surface area (Å²) in [5.41, 5.74) is 2.91. The predicted octanol–water partition coefficient (Wildman–Crippen LogP) is 5.12. The van der Waals surface area contributed by atoms with Crippen molar-refractivity contribution in [3.8, 4) is 11.4 Å². The highest BCUT2D eigenvalue weighted by molar-refractivity contribution is 7.99. The molecule has 4 rings (SSSR count). The van der Waals surface area contributed by atoms with Crippen molar-refractivity contribution in [3.05, 3.63) is 89.9 Å². The Morgan fingerprint density at radius 3 is 2.48 bits per heavy atom. The van der Waals surface area contributed by atoms with Crippen LogP contribution in [0.2, 0.25) is 0 Å². The third kappa shape index (κ3) is 4.49.